The van der Waals surface area contributed by atoms with Crippen molar-refractivity contribution >= 4 is 5.69 Å². The molecule has 18 heavy (non-hydrogen) atoms. The van der Waals surface area contributed by atoms with Gasteiger partial charge in [0.05, 0.1) is 0 Å². The Morgan fingerprint density at radius 3 is 2.56 bits per heavy atom. The van der Waals surface area contributed by atoms with Gasteiger partial charge in [-0.1, -0.05) is 6.07 Å². The Morgan fingerprint density at radius 1 is 1.06 bits per heavy atom. The van der Waals surface area contributed by atoms with Crippen LogP contribution in [0.3, 0.4) is 0 Å². The number of aryl methyl sites for hydroxylation is 2. The van der Waals surface area contributed by atoms with Crippen LogP contribution in [0.15, 0.2) is 18.2 Å². The molecule has 1 aromatic rings. The minimum Gasteiger partial charge on any atom is -0.381 e. The van der Waals surface area contributed by atoms with E-state index in [2.05, 4.69) is 30.1 Å². The summed E-state index contributed by atoms with van der Waals surface area (Å²) in [5, 5.41) is 0. The zero-order valence-electron chi connectivity index (χ0n) is 11.3. The molecule has 1 aliphatic carbocycles. The van der Waals surface area contributed by atoms with E-state index in [1.54, 1.807) is 11.1 Å². The van der Waals surface area contributed by atoms with E-state index in [9.17, 15) is 0 Å². The Morgan fingerprint density at radius 2 is 1.78 bits per heavy atom. The standard InChI is InChI=1S/C16H23NO/c1-17(15-8-10-18-11-9-15)16-7-6-13-4-2-3-5-14(13)12-16/h6-7,12,15H,2-5,8-11H2,1H3. The second-order valence-corrected chi connectivity index (χ2v) is 5.61. The van der Waals surface area contributed by atoms with E-state index in [-0.39, 0.29) is 0 Å². The highest BCUT2D eigenvalue weighted by Gasteiger charge is 2.19. The van der Waals surface area contributed by atoms with Gasteiger partial charge in [0.2, 0.25) is 0 Å². The summed E-state index contributed by atoms with van der Waals surface area (Å²) >= 11 is 0. The van der Waals surface area contributed by atoms with Crippen LogP contribution >= 0.6 is 0 Å². The quantitative estimate of drug-likeness (QED) is 0.793. The van der Waals surface area contributed by atoms with Crippen LogP contribution in [0.1, 0.15) is 36.8 Å². The van der Waals surface area contributed by atoms with E-state index in [1.165, 1.54) is 31.4 Å². The molecule has 1 heterocycles. The van der Waals surface area contributed by atoms with Crippen LogP contribution < -0.4 is 4.90 Å². The van der Waals surface area contributed by atoms with Crippen molar-refractivity contribution in [1.82, 2.24) is 0 Å². The van der Waals surface area contributed by atoms with Crippen molar-refractivity contribution in [3.8, 4) is 0 Å². The summed E-state index contributed by atoms with van der Waals surface area (Å²) in [4.78, 5) is 2.46. The van der Waals surface area contributed by atoms with E-state index >= 15 is 0 Å². The molecule has 0 radical (unpaired) electrons. The van der Waals surface area contributed by atoms with Crippen LogP contribution in [0.4, 0.5) is 5.69 Å². The Bertz CT molecular complexity index is 410. The molecule has 0 bridgehead atoms. The fourth-order valence-electron chi connectivity index (χ4n) is 3.22. The Kier molecular flexibility index (Phi) is 3.55. The van der Waals surface area contributed by atoms with Crippen molar-refractivity contribution in [2.24, 2.45) is 0 Å². The van der Waals surface area contributed by atoms with Crippen molar-refractivity contribution in [3.05, 3.63) is 29.3 Å². The number of rotatable bonds is 2. The normalized spacial score (nSPS) is 20.5. The first-order chi connectivity index (χ1) is 8.84. The molecule has 0 amide bonds. The van der Waals surface area contributed by atoms with Gasteiger partial charge < -0.3 is 9.64 Å². The number of hydrogen-bond donors (Lipinski definition) is 0. The number of hydrogen-bond acceptors (Lipinski definition) is 2. The molecule has 1 saturated heterocycles. The topological polar surface area (TPSA) is 12.5 Å². The van der Waals surface area contributed by atoms with E-state index in [4.69, 9.17) is 4.74 Å². The van der Waals surface area contributed by atoms with Gasteiger partial charge in [-0.2, -0.15) is 0 Å². The van der Waals surface area contributed by atoms with Crippen LogP contribution in [0, 0.1) is 0 Å². The van der Waals surface area contributed by atoms with E-state index in [0.29, 0.717) is 6.04 Å². The summed E-state index contributed by atoms with van der Waals surface area (Å²) in [6.07, 6.45) is 7.59. The zero-order chi connectivity index (χ0) is 12.4. The lowest BCUT2D eigenvalue weighted by molar-refractivity contribution is 0.0855. The van der Waals surface area contributed by atoms with Crippen molar-refractivity contribution < 1.29 is 4.74 Å². The maximum atomic E-state index is 5.45. The molecule has 2 nitrogen and oxygen atoms in total. The monoisotopic (exact) mass is 245 g/mol. The van der Waals surface area contributed by atoms with Gasteiger partial charge in [-0.05, 0) is 61.8 Å². The fraction of sp³-hybridized carbons (Fsp3) is 0.625. The minimum absolute atomic E-state index is 0.653. The zero-order valence-corrected chi connectivity index (χ0v) is 11.3. The summed E-state index contributed by atoms with van der Waals surface area (Å²) in [6, 6.07) is 7.73. The fourth-order valence-corrected chi connectivity index (χ4v) is 3.22. The van der Waals surface area contributed by atoms with Gasteiger partial charge in [-0.3, -0.25) is 0 Å². The van der Waals surface area contributed by atoms with Gasteiger partial charge in [0.1, 0.15) is 0 Å². The lowest BCUT2D eigenvalue weighted by Crippen LogP contribution is -2.36. The summed E-state index contributed by atoms with van der Waals surface area (Å²) < 4.78 is 5.45. The van der Waals surface area contributed by atoms with Crippen molar-refractivity contribution in [1.29, 1.82) is 0 Å². The lowest BCUT2D eigenvalue weighted by Gasteiger charge is -2.33. The van der Waals surface area contributed by atoms with Crippen molar-refractivity contribution in [2.75, 3.05) is 25.2 Å². The predicted molar refractivity (Wildman–Crippen MR) is 75.3 cm³/mol. The first kappa shape index (κ1) is 12.0. The molecular weight excluding hydrogens is 222 g/mol. The Labute approximate surface area is 110 Å². The summed E-state index contributed by atoms with van der Waals surface area (Å²) in [5.74, 6) is 0. The number of ether oxygens (including phenoxy) is 1. The van der Waals surface area contributed by atoms with Crippen LogP contribution in [0.5, 0.6) is 0 Å². The summed E-state index contributed by atoms with van der Waals surface area (Å²) in [5.41, 5.74) is 4.55. The minimum atomic E-state index is 0.653. The van der Waals surface area contributed by atoms with Crippen molar-refractivity contribution in [2.45, 2.75) is 44.6 Å². The summed E-state index contributed by atoms with van der Waals surface area (Å²) in [7, 11) is 2.24. The third kappa shape index (κ3) is 2.39. The maximum Gasteiger partial charge on any atom is 0.0485 e. The highest BCUT2D eigenvalue weighted by Crippen LogP contribution is 2.28. The number of fused-ring (bicyclic) bond motifs is 1. The smallest absolute Gasteiger partial charge is 0.0485 e. The average Bonchev–Trinajstić information content (AvgIpc) is 2.47. The van der Waals surface area contributed by atoms with Crippen molar-refractivity contribution in [3.63, 3.8) is 0 Å². The average molecular weight is 245 g/mol. The number of benzene rings is 1. The Balaban J connectivity index is 1.78. The number of nitrogens with zero attached hydrogens (tertiary/aromatic N) is 1. The summed E-state index contributed by atoms with van der Waals surface area (Å²) in [6.45, 7) is 1.83. The van der Waals surface area contributed by atoms with Gasteiger partial charge in [-0.25, -0.2) is 0 Å². The second kappa shape index (κ2) is 5.31. The van der Waals surface area contributed by atoms with E-state index < -0.39 is 0 Å². The molecule has 0 unspecified atom stereocenters. The molecule has 1 fully saturated rings. The molecule has 1 aromatic carbocycles. The third-order valence-corrected chi connectivity index (χ3v) is 4.48. The molecule has 0 spiro atoms. The van der Waals surface area contributed by atoms with Crippen LogP contribution in [-0.2, 0) is 17.6 Å². The van der Waals surface area contributed by atoms with Crippen LogP contribution in [0.2, 0.25) is 0 Å². The SMILES string of the molecule is CN(c1ccc2c(c1)CCCC2)C1CCOCC1. The van der Waals surface area contributed by atoms with Gasteiger partial charge >= 0.3 is 0 Å². The van der Waals surface area contributed by atoms with E-state index in [0.717, 1.165) is 26.1 Å². The first-order valence-corrected chi connectivity index (χ1v) is 7.27. The molecule has 0 aromatic heterocycles. The highest BCUT2D eigenvalue weighted by atomic mass is 16.5. The molecular formula is C16H23NO. The van der Waals surface area contributed by atoms with Crippen LogP contribution in [-0.4, -0.2) is 26.3 Å². The molecule has 1 aliphatic heterocycles. The largest absolute Gasteiger partial charge is 0.381 e. The van der Waals surface area contributed by atoms with E-state index in [1.807, 2.05) is 0 Å². The molecule has 3 rings (SSSR count). The second-order valence-electron chi connectivity index (χ2n) is 5.61. The highest BCUT2D eigenvalue weighted by molar-refractivity contribution is 5.52. The molecule has 0 atom stereocenters. The molecule has 0 N–H and O–H groups in total. The molecule has 98 valence electrons. The third-order valence-electron chi connectivity index (χ3n) is 4.48. The predicted octanol–water partition coefficient (Wildman–Crippen LogP) is 3.18. The van der Waals surface area contributed by atoms with Crippen LogP contribution in [0.25, 0.3) is 0 Å². The first-order valence-electron chi connectivity index (χ1n) is 7.27. The van der Waals surface area contributed by atoms with Gasteiger partial charge in [-0.15, -0.1) is 0 Å². The maximum absolute atomic E-state index is 5.45. The molecule has 0 saturated carbocycles. The molecule has 2 aliphatic rings. The molecule has 2 heteroatoms. The van der Waals surface area contributed by atoms with Gasteiger partial charge in [0.15, 0.2) is 0 Å². The number of anilines is 1. The Hall–Kier alpha value is -1.02. The lowest BCUT2D eigenvalue weighted by atomic mass is 9.91. The van der Waals surface area contributed by atoms with Gasteiger partial charge in [0.25, 0.3) is 0 Å². The van der Waals surface area contributed by atoms with Gasteiger partial charge in [0, 0.05) is 32.0 Å².